The monoisotopic (exact) mass is 193 g/mol. The second kappa shape index (κ2) is 3.73. The average Bonchev–Trinajstić information content (AvgIpc) is 2.72. The predicted octanol–water partition coefficient (Wildman–Crippen LogP) is 1.96. The Morgan fingerprint density at radius 1 is 1.50 bits per heavy atom. The van der Waals surface area contributed by atoms with Crippen molar-refractivity contribution in [3.05, 3.63) is 18.7 Å². The standard InChI is InChI=1S/C11H19N3/c1-11(8-12)4-2-10(3-5-11)14-7-6-13-9-14/h6-7,9-10H,2-5,8,12H2,1H3. The van der Waals surface area contributed by atoms with Gasteiger partial charge in [0.15, 0.2) is 0 Å². The van der Waals surface area contributed by atoms with Crippen molar-refractivity contribution in [1.29, 1.82) is 0 Å². The van der Waals surface area contributed by atoms with Crippen LogP contribution in [0, 0.1) is 5.41 Å². The second-order valence-electron chi connectivity index (χ2n) is 4.76. The van der Waals surface area contributed by atoms with Crippen molar-refractivity contribution in [3.8, 4) is 0 Å². The van der Waals surface area contributed by atoms with E-state index >= 15 is 0 Å². The molecule has 1 aromatic rings. The van der Waals surface area contributed by atoms with E-state index in [1.807, 2.05) is 12.5 Å². The zero-order valence-electron chi connectivity index (χ0n) is 8.82. The fourth-order valence-corrected chi connectivity index (χ4v) is 2.29. The number of imidazole rings is 1. The number of aromatic nitrogens is 2. The third-order valence-corrected chi connectivity index (χ3v) is 3.60. The molecule has 3 heteroatoms. The van der Waals surface area contributed by atoms with Gasteiger partial charge >= 0.3 is 0 Å². The molecule has 0 atom stereocenters. The summed E-state index contributed by atoms with van der Waals surface area (Å²) in [6.07, 6.45) is 10.8. The Balaban J connectivity index is 1.97. The van der Waals surface area contributed by atoms with E-state index in [9.17, 15) is 0 Å². The van der Waals surface area contributed by atoms with Crippen LogP contribution >= 0.6 is 0 Å². The fraction of sp³-hybridized carbons (Fsp3) is 0.727. The Hall–Kier alpha value is -0.830. The van der Waals surface area contributed by atoms with Crippen LogP contribution in [0.4, 0.5) is 0 Å². The summed E-state index contributed by atoms with van der Waals surface area (Å²) in [6, 6.07) is 0.650. The van der Waals surface area contributed by atoms with Crippen LogP contribution in [-0.2, 0) is 0 Å². The molecule has 1 aliphatic rings. The van der Waals surface area contributed by atoms with Gasteiger partial charge in [-0.2, -0.15) is 0 Å². The van der Waals surface area contributed by atoms with Gasteiger partial charge in [0.25, 0.3) is 0 Å². The summed E-state index contributed by atoms with van der Waals surface area (Å²) in [6.45, 7) is 3.13. The van der Waals surface area contributed by atoms with Crippen LogP contribution in [0.25, 0.3) is 0 Å². The molecule has 1 aliphatic carbocycles. The number of nitrogens with zero attached hydrogens (tertiary/aromatic N) is 2. The Kier molecular flexibility index (Phi) is 2.59. The molecule has 14 heavy (non-hydrogen) atoms. The van der Waals surface area contributed by atoms with E-state index in [0.29, 0.717) is 11.5 Å². The lowest BCUT2D eigenvalue weighted by Gasteiger charge is -2.36. The largest absolute Gasteiger partial charge is 0.334 e. The minimum Gasteiger partial charge on any atom is -0.334 e. The highest BCUT2D eigenvalue weighted by Crippen LogP contribution is 2.39. The second-order valence-corrected chi connectivity index (χ2v) is 4.76. The first-order valence-electron chi connectivity index (χ1n) is 5.41. The molecule has 3 nitrogen and oxygen atoms in total. The van der Waals surface area contributed by atoms with Crippen LogP contribution in [0.2, 0.25) is 0 Å². The first kappa shape index (κ1) is 9.71. The molecule has 0 unspecified atom stereocenters. The van der Waals surface area contributed by atoms with Crippen molar-refractivity contribution < 1.29 is 0 Å². The van der Waals surface area contributed by atoms with Crippen molar-refractivity contribution in [3.63, 3.8) is 0 Å². The minimum atomic E-state index is 0.386. The maximum Gasteiger partial charge on any atom is 0.0948 e. The van der Waals surface area contributed by atoms with Gasteiger partial charge in [0, 0.05) is 18.4 Å². The van der Waals surface area contributed by atoms with Crippen LogP contribution in [0.3, 0.4) is 0 Å². The molecule has 78 valence electrons. The minimum absolute atomic E-state index is 0.386. The molecule has 0 spiro atoms. The van der Waals surface area contributed by atoms with Gasteiger partial charge in [-0.3, -0.25) is 0 Å². The molecule has 0 aromatic carbocycles. The predicted molar refractivity (Wildman–Crippen MR) is 56.9 cm³/mol. The van der Waals surface area contributed by atoms with Gasteiger partial charge in [0.05, 0.1) is 6.33 Å². The van der Waals surface area contributed by atoms with Gasteiger partial charge in [-0.1, -0.05) is 6.92 Å². The van der Waals surface area contributed by atoms with E-state index in [-0.39, 0.29) is 0 Å². The van der Waals surface area contributed by atoms with Crippen LogP contribution in [0.1, 0.15) is 38.6 Å². The summed E-state index contributed by atoms with van der Waals surface area (Å²) in [7, 11) is 0. The first-order valence-corrected chi connectivity index (χ1v) is 5.41. The van der Waals surface area contributed by atoms with Gasteiger partial charge < -0.3 is 10.3 Å². The molecule has 0 radical (unpaired) electrons. The molecule has 2 N–H and O–H groups in total. The maximum atomic E-state index is 5.78. The SMILES string of the molecule is CC1(CN)CCC(n2ccnc2)CC1. The van der Waals surface area contributed by atoms with E-state index in [0.717, 1.165) is 6.54 Å². The lowest BCUT2D eigenvalue weighted by Crippen LogP contribution is -2.32. The molecule has 1 fully saturated rings. The Labute approximate surface area is 85.3 Å². The Morgan fingerprint density at radius 2 is 2.21 bits per heavy atom. The number of hydrogen-bond acceptors (Lipinski definition) is 2. The van der Waals surface area contributed by atoms with Crippen molar-refractivity contribution >= 4 is 0 Å². The topological polar surface area (TPSA) is 43.8 Å². The summed E-state index contributed by atoms with van der Waals surface area (Å²) in [5.41, 5.74) is 6.17. The number of nitrogens with two attached hydrogens (primary N) is 1. The van der Waals surface area contributed by atoms with Gasteiger partial charge in [-0.15, -0.1) is 0 Å². The molecule has 0 amide bonds. The van der Waals surface area contributed by atoms with Crippen LogP contribution < -0.4 is 5.73 Å². The zero-order chi connectivity index (χ0) is 10.0. The zero-order valence-corrected chi connectivity index (χ0v) is 8.82. The highest BCUT2D eigenvalue weighted by atomic mass is 15.0. The average molecular weight is 193 g/mol. The molecule has 1 aromatic heterocycles. The van der Waals surface area contributed by atoms with Crippen molar-refractivity contribution in [2.45, 2.75) is 38.6 Å². The van der Waals surface area contributed by atoms with Gasteiger partial charge in [-0.25, -0.2) is 4.98 Å². The molecule has 2 rings (SSSR count). The Bertz CT molecular complexity index is 271. The lowest BCUT2D eigenvalue weighted by molar-refractivity contribution is 0.180. The molecule has 0 saturated heterocycles. The highest BCUT2D eigenvalue weighted by Gasteiger charge is 2.30. The number of rotatable bonds is 2. The van der Waals surface area contributed by atoms with Crippen molar-refractivity contribution in [1.82, 2.24) is 9.55 Å². The summed E-state index contributed by atoms with van der Waals surface area (Å²) < 4.78 is 2.23. The van der Waals surface area contributed by atoms with E-state index in [2.05, 4.69) is 22.7 Å². The highest BCUT2D eigenvalue weighted by molar-refractivity contribution is 4.88. The van der Waals surface area contributed by atoms with Gasteiger partial charge in [-0.05, 0) is 37.6 Å². The van der Waals surface area contributed by atoms with E-state index in [1.54, 1.807) is 0 Å². The third kappa shape index (κ3) is 1.82. The normalized spacial score (nSPS) is 33.1. The molecular formula is C11H19N3. The van der Waals surface area contributed by atoms with Gasteiger partial charge in [0.1, 0.15) is 0 Å². The summed E-state index contributed by atoms with van der Waals surface area (Å²) >= 11 is 0. The quantitative estimate of drug-likeness (QED) is 0.780. The molecular weight excluding hydrogens is 174 g/mol. The molecule has 1 heterocycles. The van der Waals surface area contributed by atoms with E-state index < -0.39 is 0 Å². The van der Waals surface area contributed by atoms with Crippen LogP contribution in [-0.4, -0.2) is 16.1 Å². The van der Waals surface area contributed by atoms with Crippen LogP contribution in [0.15, 0.2) is 18.7 Å². The smallest absolute Gasteiger partial charge is 0.0948 e. The van der Waals surface area contributed by atoms with E-state index in [4.69, 9.17) is 5.73 Å². The number of hydrogen-bond donors (Lipinski definition) is 1. The fourth-order valence-electron chi connectivity index (χ4n) is 2.29. The van der Waals surface area contributed by atoms with Crippen LogP contribution in [0.5, 0.6) is 0 Å². The maximum absolute atomic E-state index is 5.78. The Morgan fingerprint density at radius 3 is 2.71 bits per heavy atom. The lowest BCUT2D eigenvalue weighted by atomic mass is 9.74. The third-order valence-electron chi connectivity index (χ3n) is 3.60. The van der Waals surface area contributed by atoms with Crippen molar-refractivity contribution in [2.75, 3.05) is 6.54 Å². The molecule has 0 aliphatic heterocycles. The molecule has 1 saturated carbocycles. The summed E-state index contributed by atoms with van der Waals surface area (Å²) in [5, 5.41) is 0. The summed E-state index contributed by atoms with van der Waals surface area (Å²) in [4.78, 5) is 4.09. The summed E-state index contributed by atoms with van der Waals surface area (Å²) in [5.74, 6) is 0. The van der Waals surface area contributed by atoms with Gasteiger partial charge in [0.2, 0.25) is 0 Å². The van der Waals surface area contributed by atoms with Crippen molar-refractivity contribution in [2.24, 2.45) is 11.1 Å². The van der Waals surface area contributed by atoms with E-state index in [1.165, 1.54) is 25.7 Å². The first-order chi connectivity index (χ1) is 6.73. The molecule has 0 bridgehead atoms.